The summed E-state index contributed by atoms with van der Waals surface area (Å²) in [5.74, 6) is 0. The van der Waals surface area contributed by atoms with Crippen LogP contribution in [0.5, 0.6) is 0 Å². The van der Waals surface area contributed by atoms with Gasteiger partial charge in [0.2, 0.25) is 0 Å². The summed E-state index contributed by atoms with van der Waals surface area (Å²) < 4.78 is 0. The van der Waals surface area contributed by atoms with E-state index in [1.807, 2.05) is 0 Å². The standard InChI is InChI=1S/C18H21P.Rh/c1-4-10-16(11-5-1)19(17-12-6-2-7-13-17)18-14-8-3-9-15-18;/h1-2,4-7,10-13,18H,3,8-9,14-15H2;. The van der Waals surface area contributed by atoms with Crippen molar-refractivity contribution in [2.45, 2.75) is 37.8 Å². The van der Waals surface area contributed by atoms with Gasteiger partial charge in [-0.15, -0.1) is 0 Å². The molecule has 20 heavy (non-hydrogen) atoms. The molecule has 0 nitrogen and oxygen atoms in total. The van der Waals surface area contributed by atoms with Crippen LogP contribution in [0.3, 0.4) is 0 Å². The number of rotatable bonds is 3. The van der Waals surface area contributed by atoms with Crippen LogP contribution in [-0.4, -0.2) is 5.66 Å². The minimum atomic E-state index is -0.169. The molecule has 2 heteroatoms. The average Bonchev–Trinajstić information content (AvgIpc) is 2.51. The molecule has 0 atom stereocenters. The van der Waals surface area contributed by atoms with E-state index in [1.54, 1.807) is 10.6 Å². The van der Waals surface area contributed by atoms with E-state index in [-0.39, 0.29) is 27.4 Å². The number of hydrogen-bond donors (Lipinski definition) is 0. The first kappa shape index (κ1) is 15.9. The van der Waals surface area contributed by atoms with Crippen molar-refractivity contribution in [3.05, 3.63) is 60.7 Å². The molecule has 1 radical (unpaired) electrons. The summed E-state index contributed by atoms with van der Waals surface area (Å²) in [6, 6.07) is 22.3. The van der Waals surface area contributed by atoms with Crippen molar-refractivity contribution in [3.63, 3.8) is 0 Å². The normalized spacial score (nSPS) is 15.8. The first-order valence-corrected chi connectivity index (χ1v) is 8.75. The molecule has 0 unspecified atom stereocenters. The summed E-state index contributed by atoms with van der Waals surface area (Å²) in [6.07, 6.45) is 7.10. The fourth-order valence-electron chi connectivity index (χ4n) is 3.09. The van der Waals surface area contributed by atoms with Gasteiger partial charge in [0.25, 0.3) is 0 Å². The molecular weight excluding hydrogens is 350 g/mol. The van der Waals surface area contributed by atoms with Crippen molar-refractivity contribution in [2.24, 2.45) is 0 Å². The Morgan fingerprint density at radius 3 is 1.55 bits per heavy atom. The van der Waals surface area contributed by atoms with Gasteiger partial charge in [0.05, 0.1) is 0 Å². The number of hydrogen-bond acceptors (Lipinski definition) is 0. The topological polar surface area (TPSA) is 0 Å². The minimum absolute atomic E-state index is 0. The van der Waals surface area contributed by atoms with Gasteiger partial charge in [0.1, 0.15) is 0 Å². The maximum atomic E-state index is 2.33. The average molecular weight is 371 g/mol. The van der Waals surface area contributed by atoms with E-state index in [4.69, 9.17) is 0 Å². The molecule has 1 aliphatic carbocycles. The fraction of sp³-hybridized carbons (Fsp3) is 0.333. The van der Waals surface area contributed by atoms with Crippen molar-refractivity contribution in [1.82, 2.24) is 0 Å². The first-order chi connectivity index (χ1) is 9.45. The second kappa shape index (κ2) is 8.06. The van der Waals surface area contributed by atoms with Gasteiger partial charge in [-0.1, -0.05) is 79.9 Å². The molecule has 1 aliphatic rings. The maximum Gasteiger partial charge on any atom is 0 e. The zero-order valence-corrected chi connectivity index (χ0v) is 14.2. The Morgan fingerprint density at radius 1 is 0.650 bits per heavy atom. The largest absolute Gasteiger partial charge is 0.0622 e. The second-order valence-electron chi connectivity index (χ2n) is 5.33. The monoisotopic (exact) mass is 371 g/mol. The Labute approximate surface area is 136 Å². The van der Waals surface area contributed by atoms with Gasteiger partial charge >= 0.3 is 0 Å². The summed E-state index contributed by atoms with van der Waals surface area (Å²) >= 11 is 0. The Balaban J connectivity index is 0.00000147. The predicted molar refractivity (Wildman–Crippen MR) is 85.9 cm³/mol. The van der Waals surface area contributed by atoms with Crippen molar-refractivity contribution in [2.75, 3.05) is 0 Å². The van der Waals surface area contributed by atoms with Crippen LogP contribution in [0.4, 0.5) is 0 Å². The van der Waals surface area contributed by atoms with Crippen molar-refractivity contribution >= 4 is 18.5 Å². The van der Waals surface area contributed by atoms with Crippen molar-refractivity contribution < 1.29 is 19.5 Å². The van der Waals surface area contributed by atoms with Crippen LogP contribution in [0.25, 0.3) is 0 Å². The van der Waals surface area contributed by atoms with E-state index in [0.717, 1.165) is 5.66 Å². The SMILES string of the molecule is [Rh].c1ccc(P(c2ccccc2)C2CCCCC2)cc1. The Bertz CT molecular complexity index is 452. The zero-order chi connectivity index (χ0) is 12.9. The molecule has 0 N–H and O–H groups in total. The van der Waals surface area contributed by atoms with Crippen LogP contribution < -0.4 is 10.6 Å². The number of benzene rings is 2. The van der Waals surface area contributed by atoms with Crippen molar-refractivity contribution in [3.8, 4) is 0 Å². The molecule has 1 saturated carbocycles. The van der Waals surface area contributed by atoms with E-state index >= 15 is 0 Å². The molecule has 0 saturated heterocycles. The van der Waals surface area contributed by atoms with Crippen LogP contribution in [0.1, 0.15) is 32.1 Å². The molecule has 0 bridgehead atoms. The van der Waals surface area contributed by atoms with Crippen LogP contribution in [0.15, 0.2) is 60.7 Å². The maximum absolute atomic E-state index is 2.33. The van der Waals surface area contributed by atoms with Gasteiger partial charge in [-0.25, -0.2) is 0 Å². The van der Waals surface area contributed by atoms with Gasteiger partial charge in [-0.2, -0.15) is 0 Å². The molecule has 2 aromatic rings. The molecule has 3 rings (SSSR count). The van der Waals surface area contributed by atoms with E-state index in [9.17, 15) is 0 Å². The Kier molecular flexibility index (Phi) is 6.40. The van der Waals surface area contributed by atoms with Gasteiger partial charge in [-0.3, -0.25) is 0 Å². The summed E-state index contributed by atoms with van der Waals surface area (Å²) in [4.78, 5) is 0. The quantitative estimate of drug-likeness (QED) is 0.553. The summed E-state index contributed by atoms with van der Waals surface area (Å²) in [5, 5.41) is 3.10. The smallest absolute Gasteiger partial charge is 0 e. The van der Waals surface area contributed by atoms with E-state index in [0.29, 0.717) is 0 Å². The van der Waals surface area contributed by atoms with Crippen LogP contribution in [0, 0.1) is 0 Å². The molecule has 107 valence electrons. The minimum Gasteiger partial charge on any atom is -0.0622 e. The Morgan fingerprint density at radius 2 is 1.10 bits per heavy atom. The first-order valence-electron chi connectivity index (χ1n) is 7.34. The third kappa shape index (κ3) is 3.78. The molecule has 0 spiro atoms. The molecule has 2 aromatic carbocycles. The van der Waals surface area contributed by atoms with E-state index < -0.39 is 0 Å². The Hall–Kier alpha value is -0.507. The molecule has 0 aromatic heterocycles. The zero-order valence-electron chi connectivity index (χ0n) is 11.7. The van der Waals surface area contributed by atoms with Crippen LogP contribution in [-0.2, 0) is 19.5 Å². The fourth-order valence-corrected chi connectivity index (χ4v) is 6.10. The second-order valence-corrected chi connectivity index (χ2v) is 7.84. The van der Waals surface area contributed by atoms with Crippen molar-refractivity contribution in [1.29, 1.82) is 0 Å². The summed E-state index contributed by atoms with van der Waals surface area (Å²) in [5.41, 5.74) is 0.883. The van der Waals surface area contributed by atoms with Crippen LogP contribution in [0.2, 0.25) is 0 Å². The third-order valence-corrected chi connectivity index (χ3v) is 6.96. The third-order valence-electron chi connectivity index (χ3n) is 4.01. The molecule has 0 aliphatic heterocycles. The molecule has 1 fully saturated rings. The van der Waals surface area contributed by atoms with E-state index in [1.165, 1.54) is 32.1 Å². The molecular formula is C18H21PRh. The van der Waals surface area contributed by atoms with Gasteiger partial charge < -0.3 is 0 Å². The van der Waals surface area contributed by atoms with Gasteiger partial charge in [-0.05, 0) is 37.0 Å². The predicted octanol–water partition coefficient (Wildman–Crippen LogP) is 4.45. The molecule has 0 amide bonds. The van der Waals surface area contributed by atoms with Gasteiger partial charge in [0.15, 0.2) is 0 Å². The van der Waals surface area contributed by atoms with Crippen LogP contribution >= 0.6 is 7.92 Å². The van der Waals surface area contributed by atoms with Gasteiger partial charge in [0, 0.05) is 19.5 Å². The summed E-state index contributed by atoms with van der Waals surface area (Å²) in [6.45, 7) is 0. The van der Waals surface area contributed by atoms with E-state index in [2.05, 4.69) is 60.7 Å². The molecule has 0 heterocycles. The summed E-state index contributed by atoms with van der Waals surface area (Å²) in [7, 11) is -0.169.